The minimum absolute atomic E-state index is 0.0608. The average molecular weight is 666 g/mol. The number of benzene rings is 2. The SMILES string of the molecule is CC(C)(C)OC(=O)N(CCS(C)(=O)=NC(=O)Nc1ccccc1)c1nonc1-c1noc(=O)n1-c1ccc(F)c(Br)c1. The molecule has 1 N–H and O–H groups in total. The Kier molecular flexibility index (Phi) is 8.91. The number of amides is 3. The number of carbonyl (C=O) groups is 2. The summed E-state index contributed by atoms with van der Waals surface area (Å²) in [5.41, 5.74) is -0.547. The summed E-state index contributed by atoms with van der Waals surface area (Å²) in [6.45, 7) is 4.59. The summed E-state index contributed by atoms with van der Waals surface area (Å²) in [5, 5.41) is 13.9. The molecule has 1 atom stereocenters. The molecule has 0 aliphatic carbocycles. The van der Waals surface area contributed by atoms with Gasteiger partial charge in [-0.25, -0.2) is 32.2 Å². The van der Waals surface area contributed by atoms with E-state index in [4.69, 9.17) is 13.9 Å². The lowest BCUT2D eigenvalue weighted by Crippen LogP contribution is -2.40. The average Bonchev–Trinajstić information content (AvgIpc) is 3.51. The molecule has 1 unspecified atom stereocenters. The summed E-state index contributed by atoms with van der Waals surface area (Å²) in [6, 6.07) is 11.4. The van der Waals surface area contributed by atoms with Crippen molar-refractivity contribution in [2.45, 2.75) is 26.4 Å². The van der Waals surface area contributed by atoms with Gasteiger partial charge in [0.15, 0.2) is 5.69 Å². The maximum atomic E-state index is 13.9. The number of aromatic nitrogens is 4. The van der Waals surface area contributed by atoms with Gasteiger partial charge in [-0.15, -0.1) is 4.36 Å². The standard InChI is InChI=1S/C25H25BrFN7O7S/c1-25(2,3)39-23(36)33(12-13-42(4,38)32-22(35)28-15-8-6-5-7-9-15)20-19(29-41-31-20)21-30-40-24(37)34(21)16-10-11-18(27)17(26)14-16/h5-11,14H,12-13H2,1-4H3,(H,28,35). The monoisotopic (exact) mass is 665 g/mol. The second kappa shape index (κ2) is 12.2. The van der Waals surface area contributed by atoms with Crippen LogP contribution in [0.4, 0.5) is 25.5 Å². The number of anilines is 2. The van der Waals surface area contributed by atoms with Crippen LogP contribution in [0.15, 0.2) is 71.3 Å². The summed E-state index contributed by atoms with van der Waals surface area (Å²) in [6.07, 6.45) is 0.333. The van der Waals surface area contributed by atoms with Gasteiger partial charge in [0.25, 0.3) is 0 Å². The zero-order valence-electron chi connectivity index (χ0n) is 22.7. The molecule has 0 bridgehead atoms. The molecule has 222 valence electrons. The van der Waals surface area contributed by atoms with Crippen molar-refractivity contribution in [2.75, 3.05) is 28.8 Å². The molecule has 3 amide bonds. The zero-order valence-corrected chi connectivity index (χ0v) is 25.1. The highest BCUT2D eigenvalue weighted by molar-refractivity contribution is 9.10. The molecule has 2 heterocycles. The van der Waals surface area contributed by atoms with Gasteiger partial charge in [0.1, 0.15) is 11.4 Å². The normalized spacial score (nSPS) is 12.8. The smallest absolute Gasteiger partial charge is 0.443 e. The number of halogens is 2. The van der Waals surface area contributed by atoms with Crippen LogP contribution in [0.25, 0.3) is 17.2 Å². The van der Waals surface area contributed by atoms with Crippen LogP contribution >= 0.6 is 15.9 Å². The quantitative estimate of drug-likeness (QED) is 0.287. The van der Waals surface area contributed by atoms with Crippen molar-refractivity contribution in [1.29, 1.82) is 0 Å². The number of nitrogens with zero attached hydrogens (tertiary/aromatic N) is 6. The Morgan fingerprint density at radius 1 is 1.17 bits per heavy atom. The van der Waals surface area contributed by atoms with Crippen molar-refractivity contribution in [2.24, 2.45) is 4.36 Å². The topological polar surface area (TPSA) is 175 Å². The van der Waals surface area contributed by atoms with E-state index in [9.17, 15) is 23.0 Å². The highest BCUT2D eigenvalue weighted by Crippen LogP contribution is 2.29. The van der Waals surface area contributed by atoms with Crippen molar-refractivity contribution in [3.05, 3.63) is 69.4 Å². The molecule has 0 fully saturated rings. The molecule has 4 rings (SSSR count). The third kappa shape index (κ3) is 7.47. The third-order valence-electron chi connectivity index (χ3n) is 5.31. The van der Waals surface area contributed by atoms with E-state index in [0.29, 0.717) is 5.69 Å². The fourth-order valence-corrected chi connectivity index (χ4v) is 4.88. The van der Waals surface area contributed by atoms with Crippen molar-refractivity contribution >= 4 is 49.3 Å². The Labute approximate surface area is 247 Å². The summed E-state index contributed by atoms with van der Waals surface area (Å²) < 4.78 is 47.1. The van der Waals surface area contributed by atoms with E-state index in [2.05, 4.69) is 41.1 Å². The first-order valence-electron chi connectivity index (χ1n) is 12.2. The fourth-order valence-electron chi connectivity index (χ4n) is 3.50. The predicted octanol–water partition coefficient (Wildman–Crippen LogP) is 4.85. The molecule has 4 aromatic rings. The molecule has 0 aliphatic heterocycles. The number of hydrogen-bond acceptors (Lipinski definition) is 10. The van der Waals surface area contributed by atoms with E-state index in [1.165, 1.54) is 18.4 Å². The van der Waals surface area contributed by atoms with Gasteiger partial charge in [-0.3, -0.25) is 9.42 Å². The lowest BCUT2D eigenvalue weighted by atomic mass is 10.2. The van der Waals surface area contributed by atoms with Crippen molar-refractivity contribution in [3.63, 3.8) is 0 Å². The molecule has 42 heavy (non-hydrogen) atoms. The maximum absolute atomic E-state index is 13.9. The summed E-state index contributed by atoms with van der Waals surface area (Å²) in [7, 11) is -3.19. The number of urea groups is 1. The number of nitrogens with one attached hydrogen (secondary N) is 1. The first kappa shape index (κ1) is 30.6. The molecular formula is C25H25BrFN7O7S. The molecule has 0 spiro atoms. The van der Waals surface area contributed by atoms with Gasteiger partial charge in [0, 0.05) is 18.5 Å². The molecule has 2 aromatic carbocycles. The number of rotatable bonds is 7. The van der Waals surface area contributed by atoms with Gasteiger partial charge in [0.2, 0.25) is 11.6 Å². The van der Waals surface area contributed by atoms with E-state index in [-0.39, 0.29) is 39.8 Å². The van der Waals surface area contributed by atoms with E-state index < -0.39 is 39.0 Å². The number of ether oxygens (including phenoxy) is 1. The molecule has 0 saturated heterocycles. The predicted molar refractivity (Wildman–Crippen MR) is 153 cm³/mol. The second-order valence-corrected chi connectivity index (χ2v) is 13.2. The van der Waals surface area contributed by atoms with Crippen LogP contribution in [0.2, 0.25) is 0 Å². The van der Waals surface area contributed by atoms with E-state index in [1.807, 2.05) is 0 Å². The van der Waals surface area contributed by atoms with Gasteiger partial charge in [0.05, 0.1) is 25.6 Å². The Bertz CT molecular complexity index is 1790. The Hall–Kier alpha value is -4.38. The largest absolute Gasteiger partial charge is 0.446 e. The van der Waals surface area contributed by atoms with E-state index >= 15 is 0 Å². The lowest BCUT2D eigenvalue weighted by molar-refractivity contribution is 0.0580. The lowest BCUT2D eigenvalue weighted by Gasteiger charge is -2.26. The van der Waals surface area contributed by atoms with Crippen molar-refractivity contribution < 1.29 is 32.1 Å². The number of para-hydroxylation sites is 1. The van der Waals surface area contributed by atoms with Crippen molar-refractivity contribution in [1.82, 2.24) is 20.0 Å². The first-order valence-corrected chi connectivity index (χ1v) is 15.1. The Morgan fingerprint density at radius 2 is 1.88 bits per heavy atom. The van der Waals surface area contributed by atoms with Gasteiger partial charge in [-0.2, -0.15) is 0 Å². The summed E-state index contributed by atoms with van der Waals surface area (Å²) in [4.78, 5) is 39.2. The van der Waals surface area contributed by atoms with E-state index in [0.717, 1.165) is 15.5 Å². The van der Waals surface area contributed by atoms with Crippen LogP contribution in [0.1, 0.15) is 20.8 Å². The van der Waals surface area contributed by atoms with Gasteiger partial charge < -0.3 is 10.1 Å². The van der Waals surface area contributed by atoms with Crippen LogP contribution in [0.5, 0.6) is 0 Å². The zero-order chi connectivity index (χ0) is 30.7. The maximum Gasteiger partial charge on any atom is 0.446 e. The third-order valence-corrected chi connectivity index (χ3v) is 7.41. The first-order chi connectivity index (χ1) is 19.7. The second-order valence-electron chi connectivity index (χ2n) is 9.83. The summed E-state index contributed by atoms with van der Waals surface area (Å²) >= 11 is 3.07. The van der Waals surface area contributed by atoms with Crippen LogP contribution < -0.4 is 16.0 Å². The van der Waals surface area contributed by atoms with Gasteiger partial charge >= 0.3 is 17.9 Å². The van der Waals surface area contributed by atoms with Crippen molar-refractivity contribution in [3.8, 4) is 17.2 Å². The molecule has 0 radical (unpaired) electrons. The number of hydrogen-bond donors (Lipinski definition) is 1. The molecule has 2 aromatic heterocycles. The highest BCUT2D eigenvalue weighted by atomic mass is 79.9. The fraction of sp³-hybridized carbons (Fsp3) is 0.280. The van der Waals surface area contributed by atoms with Crippen LogP contribution in [0.3, 0.4) is 0 Å². The van der Waals surface area contributed by atoms with Gasteiger partial charge in [-0.1, -0.05) is 23.4 Å². The Morgan fingerprint density at radius 3 is 2.55 bits per heavy atom. The van der Waals surface area contributed by atoms with Crippen LogP contribution in [0, 0.1) is 5.82 Å². The summed E-state index contributed by atoms with van der Waals surface area (Å²) in [5.74, 6) is -2.29. The van der Waals surface area contributed by atoms with E-state index in [1.54, 1.807) is 51.1 Å². The molecule has 0 saturated carbocycles. The molecule has 0 aliphatic rings. The molecule has 14 nitrogen and oxygen atoms in total. The van der Waals surface area contributed by atoms with Gasteiger partial charge in [-0.05, 0) is 77.3 Å². The highest BCUT2D eigenvalue weighted by Gasteiger charge is 2.32. The molecule has 17 heteroatoms. The Balaban J connectivity index is 1.69. The molecular weight excluding hydrogens is 641 g/mol. The minimum Gasteiger partial charge on any atom is -0.443 e. The minimum atomic E-state index is -3.19. The number of carbonyl (C=O) groups excluding carboxylic acids is 2. The van der Waals surface area contributed by atoms with Crippen LogP contribution in [-0.4, -0.2) is 60.5 Å². The van der Waals surface area contributed by atoms with Crippen LogP contribution in [-0.2, 0) is 14.5 Å².